The molecule has 1 N–H and O–H groups in total. The van der Waals surface area contributed by atoms with Crippen LogP contribution in [0.2, 0.25) is 0 Å². The average molecular weight is 439 g/mol. The molecule has 1 aliphatic carbocycles. The second-order valence-corrected chi connectivity index (χ2v) is 9.35. The summed E-state index contributed by atoms with van der Waals surface area (Å²) in [6.45, 7) is 3.22. The number of aliphatic hydroxyl groups excluding tert-OH is 1. The highest BCUT2D eigenvalue weighted by Gasteiger charge is 2.37. The largest absolute Gasteiger partial charge is 0.394 e. The van der Waals surface area contributed by atoms with Crippen molar-refractivity contribution in [3.05, 3.63) is 24.2 Å². The quantitative estimate of drug-likeness (QED) is 0.745. The molecule has 1 atom stereocenters. The summed E-state index contributed by atoms with van der Waals surface area (Å²) in [5.74, 6) is 1.22. The van der Waals surface area contributed by atoms with E-state index in [2.05, 4.69) is 19.9 Å². The lowest BCUT2D eigenvalue weighted by Gasteiger charge is -2.31. The van der Waals surface area contributed by atoms with Gasteiger partial charge in [-0.3, -0.25) is 9.48 Å². The molecule has 3 aliphatic rings. The van der Waals surface area contributed by atoms with E-state index in [-0.39, 0.29) is 18.6 Å². The molecule has 0 aromatic carbocycles. The van der Waals surface area contributed by atoms with Crippen LogP contribution in [0.15, 0.2) is 18.5 Å². The SMILES string of the molecule is O=C(C1CCCCC1)N1CCC[C@H]1c1c(-c2ccnc(N3CCCC3)n2)cnn1CCO. The van der Waals surface area contributed by atoms with E-state index in [0.29, 0.717) is 12.5 Å². The molecule has 4 heterocycles. The van der Waals surface area contributed by atoms with Crippen LogP contribution in [0.1, 0.15) is 69.5 Å². The highest BCUT2D eigenvalue weighted by Crippen LogP contribution is 2.39. The van der Waals surface area contributed by atoms with E-state index >= 15 is 0 Å². The van der Waals surface area contributed by atoms with Gasteiger partial charge < -0.3 is 14.9 Å². The summed E-state index contributed by atoms with van der Waals surface area (Å²) in [6.07, 6.45) is 13.5. The van der Waals surface area contributed by atoms with Crippen LogP contribution in [-0.4, -0.2) is 61.9 Å². The number of hydrogen-bond acceptors (Lipinski definition) is 6. The molecule has 2 saturated heterocycles. The summed E-state index contributed by atoms with van der Waals surface area (Å²) < 4.78 is 1.88. The van der Waals surface area contributed by atoms with E-state index in [1.165, 1.54) is 19.3 Å². The lowest BCUT2D eigenvalue weighted by Crippen LogP contribution is -2.37. The summed E-state index contributed by atoms with van der Waals surface area (Å²) in [5, 5.41) is 14.3. The first-order valence-electron chi connectivity index (χ1n) is 12.3. The number of carbonyl (C=O) groups excluding carboxylic acids is 1. The number of likely N-dealkylation sites (tertiary alicyclic amines) is 1. The van der Waals surface area contributed by atoms with Gasteiger partial charge in [0.1, 0.15) is 0 Å². The summed E-state index contributed by atoms with van der Waals surface area (Å²) in [6, 6.07) is 1.92. The molecular formula is C24H34N6O2. The standard InChI is InChI=1S/C24H34N6O2/c31-16-15-30-22(21-9-6-14-29(21)23(32)18-7-2-1-3-8-18)19(17-26-30)20-10-11-25-24(27-20)28-12-4-5-13-28/h10-11,17-18,21,31H,1-9,12-16H2/t21-/m0/s1. The number of nitrogens with zero attached hydrogens (tertiary/aromatic N) is 6. The molecule has 3 fully saturated rings. The molecule has 2 aromatic rings. The summed E-state index contributed by atoms with van der Waals surface area (Å²) in [7, 11) is 0. The predicted octanol–water partition coefficient (Wildman–Crippen LogP) is 3.18. The maximum atomic E-state index is 13.5. The van der Waals surface area contributed by atoms with E-state index in [1.807, 2.05) is 23.1 Å². The van der Waals surface area contributed by atoms with Crippen molar-refractivity contribution in [3.8, 4) is 11.3 Å². The Kier molecular flexibility index (Phi) is 6.39. The molecule has 8 heteroatoms. The monoisotopic (exact) mass is 438 g/mol. The van der Waals surface area contributed by atoms with Crippen LogP contribution in [0.25, 0.3) is 11.3 Å². The molecular weight excluding hydrogens is 404 g/mol. The Hall–Kier alpha value is -2.48. The Bertz CT molecular complexity index is 932. The van der Waals surface area contributed by atoms with Gasteiger partial charge >= 0.3 is 0 Å². The highest BCUT2D eigenvalue weighted by molar-refractivity contribution is 5.80. The van der Waals surface area contributed by atoms with Gasteiger partial charge in [0.05, 0.1) is 36.8 Å². The van der Waals surface area contributed by atoms with E-state index in [0.717, 1.165) is 81.1 Å². The Balaban J connectivity index is 1.48. The second kappa shape index (κ2) is 9.57. The van der Waals surface area contributed by atoms with Crippen molar-refractivity contribution in [2.45, 2.75) is 70.4 Å². The second-order valence-electron chi connectivity index (χ2n) is 9.35. The summed E-state index contributed by atoms with van der Waals surface area (Å²) in [5.41, 5.74) is 2.81. The minimum Gasteiger partial charge on any atom is -0.394 e. The number of carbonyl (C=O) groups is 1. The fourth-order valence-corrected chi connectivity index (χ4v) is 5.68. The Morgan fingerprint density at radius 3 is 2.62 bits per heavy atom. The molecule has 2 aliphatic heterocycles. The molecule has 32 heavy (non-hydrogen) atoms. The maximum absolute atomic E-state index is 13.5. The third-order valence-corrected chi connectivity index (χ3v) is 7.31. The van der Waals surface area contributed by atoms with Crippen LogP contribution in [0.5, 0.6) is 0 Å². The van der Waals surface area contributed by atoms with Gasteiger partial charge in [-0.15, -0.1) is 0 Å². The summed E-state index contributed by atoms with van der Waals surface area (Å²) >= 11 is 0. The number of rotatable bonds is 6. The van der Waals surface area contributed by atoms with Crippen molar-refractivity contribution in [1.29, 1.82) is 0 Å². The fraction of sp³-hybridized carbons (Fsp3) is 0.667. The van der Waals surface area contributed by atoms with Gasteiger partial charge in [0, 0.05) is 37.3 Å². The van der Waals surface area contributed by atoms with Gasteiger partial charge in [-0.2, -0.15) is 5.10 Å². The average Bonchev–Trinajstić information content (AvgIpc) is 3.60. The fourth-order valence-electron chi connectivity index (χ4n) is 5.68. The lowest BCUT2D eigenvalue weighted by atomic mass is 9.88. The molecule has 1 amide bonds. The van der Waals surface area contributed by atoms with Crippen molar-refractivity contribution in [3.63, 3.8) is 0 Å². The minimum absolute atomic E-state index is 0.0141. The van der Waals surface area contributed by atoms with Crippen molar-refractivity contribution in [2.75, 3.05) is 31.1 Å². The third kappa shape index (κ3) is 4.12. The van der Waals surface area contributed by atoms with Crippen LogP contribution in [0.4, 0.5) is 5.95 Å². The number of aromatic nitrogens is 4. The van der Waals surface area contributed by atoms with Gasteiger partial charge in [0.15, 0.2) is 0 Å². The molecule has 0 unspecified atom stereocenters. The number of aliphatic hydroxyl groups is 1. The van der Waals surface area contributed by atoms with Gasteiger partial charge in [-0.1, -0.05) is 19.3 Å². The first-order chi connectivity index (χ1) is 15.8. The minimum atomic E-state index is -0.0151. The first kappa shape index (κ1) is 21.4. The zero-order valence-electron chi connectivity index (χ0n) is 18.8. The Morgan fingerprint density at radius 1 is 1.03 bits per heavy atom. The normalized spacial score (nSPS) is 22.1. The predicted molar refractivity (Wildman–Crippen MR) is 122 cm³/mol. The molecule has 0 bridgehead atoms. The van der Waals surface area contributed by atoms with Crippen LogP contribution < -0.4 is 4.90 Å². The summed E-state index contributed by atoms with van der Waals surface area (Å²) in [4.78, 5) is 27.2. The zero-order chi connectivity index (χ0) is 21.9. The molecule has 0 radical (unpaired) electrons. The molecule has 8 nitrogen and oxygen atoms in total. The van der Waals surface area contributed by atoms with E-state index < -0.39 is 0 Å². The van der Waals surface area contributed by atoms with Crippen LogP contribution in [0.3, 0.4) is 0 Å². The Labute approximate surface area is 189 Å². The van der Waals surface area contributed by atoms with Crippen LogP contribution in [-0.2, 0) is 11.3 Å². The van der Waals surface area contributed by atoms with Gasteiger partial charge in [0.25, 0.3) is 0 Å². The smallest absolute Gasteiger partial charge is 0.226 e. The zero-order valence-corrected chi connectivity index (χ0v) is 18.8. The number of amides is 1. The molecule has 2 aromatic heterocycles. The maximum Gasteiger partial charge on any atom is 0.226 e. The number of anilines is 1. The Morgan fingerprint density at radius 2 is 1.84 bits per heavy atom. The van der Waals surface area contributed by atoms with Gasteiger partial charge in [-0.25, -0.2) is 9.97 Å². The number of hydrogen-bond donors (Lipinski definition) is 1. The molecule has 172 valence electrons. The van der Waals surface area contributed by atoms with E-state index in [1.54, 1.807) is 0 Å². The van der Waals surface area contributed by atoms with Crippen molar-refractivity contribution >= 4 is 11.9 Å². The lowest BCUT2D eigenvalue weighted by molar-refractivity contribution is -0.137. The van der Waals surface area contributed by atoms with Crippen molar-refractivity contribution in [2.24, 2.45) is 5.92 Å². The van der Waals surface area contributed by atoms with Gasteiger partial charge in [-0.05, 0) is 44.6 Å². The van der Waals surface area contributed by atoms with E-state index in [4.69, 9.17) is 4.98 Å². The topological polar surface area (TPSA) is 87.4 Å². The van der Waals surface area contributed by atoms with Crippen LogP contribution in [0, 0.1) is 5.92 Å². The first-order valence-corrected chi connectivity index (χ1v) is 12.3. The third-order valence-electron chi connectivity index (χ3n) is 7.31. The molecule has 5 rings (SSSR count). The highest BCUT2D eigenvalue weighted by atomic mass is 16.3. The van der Waals surface area contributed by atoms with Crippen LogP contribution >= 0.6 is 0 Å². The molecule has 0 spiro atoms. The van der Waals surface area contributed by atoms with E-state index in [9.17, 15) is 9.90 Å². The molecule has 1 saturated carbocycles. The van der Waals surface area contributed by atoms with Gasteiger partial charge in [0.2, 0.25) is 11.9 Å². The van der Waals surface area contributed by atoms with Crippen molar-refractivity contribution in [1.82, 2.24) is 24.6 Å². The van der Waals surface area contributed by atoms with Crippen molar-refractivity contribution < 1.29 is 9.90 Å².